The Kier molecular flexibility index (Phi) is 4.19. The van der Waals surface area contributed by atoms with Crippen molar-refractivity contribution >= 4 is 0 Å². The standard InChI is InChI=1S/C13H18.CH4/c1-11-7-5-6-10-13(11)12-8-3-2-4-9-12;/h5,7-8H,2-4,6,9-10H2,1H3;1H4. The molecule has 0 amide bonds. The van der Waals surface area contributed by atoms with Crippen molar-refractivity contribution in [2.24, 2.45) is 0 Å². The molecule has 78 valence electrons. The molecule has 0 aliphatic heterocycles. The van der Waals surface area contributed by atoms with Crippen LogP contribution >= 0.6 is 0 Å². The Morgan fingerprint density at radius 1 is 1.07 bits per heavy atom. The van der Waals surface area contributed by atoms with Crippen LogP contribution in [0.3, 0.4) is 0 Å². The fourth-order valence-corrected chi connectivity index (χ4v) is 2.31. The highest BCUT2D eigenvalue weighted by Gasteiger charge is 2.11. The molecule has 0 spiro atoms. The van der Waals surface area contributed by atoms with Gasteiger partial charge in [-0.3, -0.25) is 0 Å². The maximum Gasteiger partial charge on any atom is -0.0239 e. The van der Waals surface area contributed by atoms with Crippen molar-refractivity contribution in [1.82, 2.24) is 0 Å². The van der Waals surface area contributed by atoms with E-state index in [0.717, 1.165) is 0 Å². The minimum absolute atomic E-state index is 0. The smallest absolute Gasteiger partial charge is 0.0239 e. The summed E-state index contributed by atoms with van der Waals surface area (Å²) in [5.74, 6) is 0. The molecule has 0 heteroatoms. The Morgan fingerprint density at radius 2 is 1.93 bits per heavy atom. The molecule has 14 heavy (non-hydrogen) atoms. The molecule has 2 aliphatic rings. The summed E-state index contributed by atoms with van der Waals surface area (Å²) in [4.78, 5) is 0. The summed E-state index contributed by atoms with van der Waals surface area (Å²) >= 11 is 0. The molecule has 0 unspecified atom stereocenters. The summed E-state index contributed by atoms with van der Waals surface area (Å²) in [5, 5.41) is 0. The van der Waals surface area contributed by atoms with E-state index in [1.54, 1.807) is 11.1 Å². The molecule has 0 radical (unpaired) electrons. The minimum atomic E-state index is 0. The van der Waals surface area contributed by atoms with Gasteiger partial charge in [-0.1, -0.05) is 25.7 Å². The van der Waals surface area contributed by atoms with E-state index in [1.807, 2.05) is 0 Å². The van der Waals surface area contributed by atoms with Gasteiger partial charge in [0.05, 0.1) is 0 Å². The lowest BCUT2D eigenvalue weighted by Gasteiger charge is -2.19. The molecule has 2 rings (SSSR count). The molecule has 0 aromatic carbocycles. The van der Waals surface area contributed by atoms with Crippen molar-refractivity contribution in [2.75, 3.05) is 0 Å². The van der Waals surface area contributed by atoms with Crippen molar-refractivity contribution < 1.29 is 0 Å². The highest BCUT2D eigenvalue weighted by molar-refractivity contribution is 5.41. The van der Waals surface area contributed by atoms with Crippen molar-refractivity contribution in [3.05, 3.63) is 34.9 Å². The number of allylic oxidation sites excluding steroid dienone is 6. The lowest BCUT2D eigenvalue weighted by Crippen LogP contribution is -2.00. The van der Waals surface area contributed by atoms with E-state index in [2.05, 4.69) is 25.2 Å². The fraction of sp³-hybridized carbons (Fsp3) is 0.571. The highest BCUT2D eigenvalue weighted by atomic mass is 14.2. The van der Waals surface area contributed by atoms with Gasteiger partial charge in [0.1, 0.15) is 0 Å². The third-order valence-corrected chi connectivity index (χ3v) is 3.08. The van der Waals surface area contributed by atoms with Crippen LogP contribution in [0.5, 0.6) is 0 Å². The van der Waals surface area contributed by atoms with Crippen LogP contribution < -0.4 is 0 Å². The van der Waals surface area contributed by atoms with Gasteiger partial charge in [-0.05, 0) is 62.2 Å². The van der Waals surface area contributed by atoms with Gasteiger partial charge in [0, 0.05) is 0 Å². The Balaban J connectivity index is 0.000000980. The second-order valence-corrected chi connectivity index (χ2v) is 4.08. The first-order valence-electron chi connectivity index (χ1n) is 5.43. The fourth-order valence-electron chi connectivity index (χ4n) is 2.31. The second kappa shape index (κ2) is 5.19. The van der Waals surface area contributed by atoms with Gasteiger partial charge in [-0.2, -0.15) is 0 Å². The molecule has 0 saturated heterocycles. The Bertz CT molecular complexity index is 276. The van der Waals surface area contributed by atoms with Gasteiger partial charge < -0.3 is 0 Å². The first kappa shape index (κ1) is 11.3. The SMILES string of the molecule is C.CC1=C(C2=CCCCC2)CCC=C1. The van der Waals surface area contributed by atoms with E-state index < -0.39 is 0 Å². The largest absolute Gasteiger partial charge is 0.0839 e. The summed E-state index contributed by atoms with van der Waals surface area (Å²) in [6.07, 6.45) is 15.0. The molecule has 0 saturated carbocycles. The molecule has 0 bridgehead atoms. The van der Waals surface area contributed by atoms with Crippen molar-refractivity contribution in [3.8, 4) is 0 Å². The first-order chi connectivity index (χ1) is 6.38. The minimum Gasteiger partial charge on any atom is -0.0839 e. The van der Waals surface area contributed by atoms with Gasteiger partial charge >= 0.3 is 0 Å². The van der Waals surface area contributed by atoms with Crippen LogP contribution in [0.1, 0.15) is 52.9 Å². The maximum absolute atomic E-state index is 2.46. The molecule has 2 aliphatic carbocycles. The van der Waals surface area contributed by atoms with E-state index >= 15 is 0 Å². The average molecular weight is 190 g/mol. The second-order valence-electron chi connectivity index (χ2n) is 4.08. The zero-order valence-electron chi connectivity index (χ0n) is 8.47. The third-order valence-electron chi connectivity index (χ3n) is 3.08. The van der Waals surface area contributed by atoms with Crippen molar-refractivity contribution in [1.29, 1.82) is 0 Å². The zero-order valence-corrected chi connectivity index (χ0v) is 8.47. The summed E-state index contributed by atoms with van der Waals surface area (Å²) in [5.41, 5.74) is 4.79. The van der Waals surface area contributed by atoms with Crippen LogP contribution in [-0.2, 0) is 0 Å². The van der Waals surface area contributed by atoms with E-state index in [4.69, 9.17) is 0 Å². The molecular weight excluding hydrogens is 168 g/mol. The summed E-state index contributed by atoms with van der Waals surface area (Å²) in [6, 6.07) is 0. The van der Waals surface area contributed by atoms with Crippen LogP contribution in [0.4, 0.5) is 0 Å². The molecule has 0 atom stereocenters. The molecule has 0 aromatic rings. The summed E-state index contributed by atoms with van der Waals surface area (Å²) in [7, 11) is 0. The van der Waals surface area contributed by atoms with E-state index in [-0.39, 0.29) is 7.43 Å². The van der Waals surface area contributed by atoms with E-state index in [9.17, 15) is 0 Å². The third kappa shape index (κ3) is 2.37. The Hall–Kier alpha value is -0.780. The molecule has 0 nitrogen and oxygen atoms in total. The van der Waals surface area contributed by atoms with Crippen molar-refractivity contribution in [2.45, 2.75) is 52.9 Å². The van der Waals surface area contributed by atoms with Gasteiger partial charge in [0.15, 0.2) is 0 Å². The van der Waals surface area contributed by atoms with Crippen LogP contribution in [0.25, 0.3) is 0 Å². The van der Waals surface area contributed by atoms with E-state index in [1.165, 1.54) is 44.1 Å². The molecule has 0 N–H and O–H groups in total. The molecule has 0 heterocycles. The van der Waals surface area contributed by atoms with Crippen LogP contribution in [0.2, 0.25) is 0 Å². The monoisotopic (exact) mass is 190 g/mol. The Morgan fingerprint density at radius 3 is 2.57 bits per heavy atom. The topological polar surface area (TPSA) is 0 Å². The summed E-state index contributed by atoms with van der Waals surface area (Å²) in [6.45, 7) is 2.25. The maximum atomic E-state index is 2.46. The average Bonchev–Trinajstić information content (AvgIpc) is 2.20. The molecule has 0 fully saturated rings. The predicted molar refractivity (Wildman–Crippen MR) is 64.4 cm³/mol. The first-order valence-corrected chi connectivity index (χ1v) is 5.43. The van der Waals surface area contributed by atoms with E-state index in [0.29, 0.717) is 0 Å². The van der Waals surface area contributed by atoms with Crippen LogP contribution in [0, 0.1) is 0 Å². The normalized spacial score (nSPS) is 21.6. The molecular formula is C14H22. The highest BCUT2D eigenvalue weighted by Crippen LogP contribution is 2.31. The lowest BCUT2D eigenvalue weighted by atomic mass is 9.86. The van der Waals surface area contributed by atoms with Gasteiger partial charge in [0.25, 0.3) is 0 Å². The lowest BCUT2D eigenvalue weighted by molar-refractivity contribution is 0.697. The number of hydrogen-bond acceptors (Lipinski definition) is 0. The van der Waals surface area contributed by atoms with Crippen LogP contribution in [-0.4, -0.2) is 0 Å². The van der Waals surface area contributed by atoms with Crippen molar-refractivity contribution in [3.63, 3.8) is 0 Å². The quantitative estimate of drug-likeness (QED) is 0.557. The predicted octanol–water partition coefficient (Wildman–Crippen LogP) is 4.79. The number of rotatable bonds is 1. The van der Waals surface area contributed by atoms with Crippen LogP contribution in [0.15, 0.2) is 34.9 Å². The van der Waals surface area contributed by atoms with Gasteiger partial charge in [-0.25, -0.2) is 0 Å². The molecule has 0 aromatic heterocycles. The van der Waals surface area contributed by atoms with Gasteiger partial charge in [-0.15, -0.1) is 0 Å². The number of hydrogen-bond donors (Lipinski definition) is 0. The van der Waals surface area contributed by atoms with Gasteiger partial charge in [0.2, 0.25) is 0 Å². The Labute approximate surface area is 88.4 Å². The zero-order chi connectivity index (χ0) is 9.10. The summed E-state index contributed by atoms with van der Waals surface area (Å²) < 4.78 is 0.